The van der Waals surface area contributed by atoms with Gasteiger partial charge in [-0.05, 0) is 38.2 Å². The number of sulfonamides is 1. The van der Waals surface area contributed by atoms with Gasteiger partial charge in [0.1, 0.15) is 0 Å². The molecule has 0 heterocycles. The van der Waals surface area contributed by atoms with Crippen LogP contribution >= 0.6 is 15.9 Å². The number of alkyl halides is 1. The van der Waals surface area contributed by atoms with Gasteiger partial charge in [0.05, 0.1) is 4.90 Å². The van der Waals surface area contributed by atoms with E-state index in [0.717, 1.165) is 17.3 Å². The number of hydrogen-bond donors (Lipinski definition) is 1. The van der Waals surface area contributed by atoms with Crippen molar-refractivity contribution in [2.45, 2.75) is 11.3 Å². The molecule has 0 bridgehead atoms. The molecule has 6 heteroatoms. The highest BCUT2D eigenvalue weighted by atomic mass is 79.9. The van der Waals surface area contributed by atoms with Gasteiger partial charge in [-0.3, -0.25) is 0 Å². The van der Waals surface area contributed by atoms with Crippen LogP contribution in [0.3, 0.4) is 0 Å². The molecule has 0 aliphatic rings. The zero-order valence-electron chi connectivity index (χ0n) is 10.7. The number of hydrogen-bond acceptors (Lipinski definition) is 3. The summed E-state index contributed by atoms with van der Waals surface area (Å²) >= 11 is 3.36. The maximum absolute atomic E-state index is 11.9. The van der Waals surface area contributed by atoms with Gasteiger partial charge in [0, 0.05) is 18.4 Å². The fraction of sp³-hybridized carbons (Fsp3) is 0.500. The van der Waals surface area contributed by atoms with Gasteiger partial charge in [0.15, 0.2) is 0 Å². The lowest BCUT2D eigenvalue weighted by Crippen LogP contribution is -2.31. The van der Waals surface area contributed by atoms with E-state index in [1.807, 2.05) is 31.1 Å². The third kappa shape index (κ3) is 5.06. The summed E-state index contributed by atoms with van der Waals surface area (Å²) in [5.74, 6) is 0. The van der Waals surface area contributed by atoms with Crippen molar-refractivity contribution >= 4 is 26.0 Å². The third-order valence-corrected chi connectivity index (χ3v) is 4.34. The van der Waals surface area contributed by atoms with Crippen LogP contribution in [-0.4, -0.2) is 45.8 Å². The van der Waals surface area contributed by atoms with Gasteiger partial charge in [-0.2, -0.15) is 0 Å². The number of benzene rings is 1. The van der Waals surface area contributed by atoms with E-state index >= 15 is 0 Å². The first kappa shape index (κ1) is 15.6. The van der Waals surface area contributed by atoms with Crippen LogP contribution in [-0.2, 0) is 16.4 Å². The van der Waals surface area contributed by atoms with Crippen LogP contribution in [0.1, 0.15) is 5.56 Å². The fourth-order valence-electron chi connectivity index (χ4n) is 1.43. The van der Waals surface area contributed by atoms with Crippen LogP contribution in [0, 0.1) is 0 Å². The van der Waals surface area contributed by atoms with Crippen LogP contribution in [0.25, 0.3) is 0 Å². The smallest absolute Gasteiger partial charge is 0.240 e. The SMILES string of the molecule is CN(C)CCNS(=O)(=O)c1ccc(CCBr)cc1. The molecule has 1 aromatic carbocycles. The van der Waals surface area contributed by atoms with Gasteiger partial charge in [-0.25, -0.2) is 13.1 Å². The highest BCUT2D eigenvalue weighted by molar-refractivity contribution is 9.09. The molecule has 4 nitrogen and oxygen atoms in total. The molecule has 0 atom stereocenters. The Labute approximate surface area is 118 Å². The monoisotopic (exact) mass is 334 g/mol. The second-order valence-electron chi connectivity index (χ2n) is 4.28. The first-order valence-corrected chi connectivity index (χ1v) is 8.35. The molecule has 0 aromatic heterocycles. The van der Waals surface area contributed by atoms with E-state index in [2.05, 4.69) is 20.7 Å². The predicted molar refractivity (Wildman–Crippen MR) is 77.7 cm³/mol. The Balaban J connectivity index is 2.67. The molecule has 1 N–H and O–H groups in total. The minimum absolute atomic E-state index is 0.319. The lowest BCUT2D eigenvalue weighted by atomic mass is 10.2. The standard InChI is InChI=1S/C12H19BrN2O2S/c1-15(2)10-9-14-18(16,17)12-5-3-11(4-6-12)7-8-13/h3-6,14H,7-10H2,1-2H3. The topological polar surface area (TPSA) is 49.4 Å². The highest BCUT2D eigenvalue weighted by Gasteiger charge is 2.12. The van der Waals surface area contributed by atoms with Crippen LogP contribution in [0.15, 0.2) is 29.2 Å². The predicted octanol–water partition coefficient (Wildman–Crippen LogP) is 1.46. The molecule has 0 fully saturated rings. The fourth-order valence-corrected chi connectivity index (χ4v) is 2.91. The van der Waals surface area contributed by atoms with E-state index in [9.17, 15) is 8.42 Å². The summed E-state index contributed by atoms with van der Waals surface area (Å²) in [6, 6.07) is 7.00. The maximum atomic E-state index is 11.9. The Kier molecular flexibility index (Phi) is 6.28. The Morgan fingerprint density at radius 2 is 1.83 bits per heavy atom. The number of nitrogens with zero attached hydrogens (tertiary/aromatic N) is 1. The van der Waals surface area contributed by atoms with Crippen LogP contribution < -0.4 is 4.72 Å². The molecule has 18 heavy (non-hydrogen) atoms. The van der Waals surface area contributed by atoms with E-state index < -0.39 is 10.0 Å². The zero-order chi connectivity index (χ0) is 13.6. The van der Waals surface area contributed by atoms with Crippen molar-refractivity contribution in [3.8, 4) is 0 Å². The molecule has 0 unspecified atom stereocenters. The summed E-state index contributed by atoms with van der Waals surface area (Å²) in [6.07, 6.45) is 0.897. The number of aryl methyl sites for hydroxylation is 1. The highest BCUT2D eigenvalue weighted by Crippen LogP contribution is 2.11. The van der Waals surface area contributed by atoms with Crippen molar-refractivity contribution in [1.29, 1.82) is 0 Å². The average Bonchev–Trinajstić information content (AvgIpc) is 2.29. The van der Waals surface area contributed by atoms with Crippen molar-refractivity contribution in [2.75, 3.05) is 32.5 Å². The quantitative estimate of drug-likeness (QED) is 0.768. The van der Waals surface area contributed by atoms with E-state index in [0.29, 0.717) is 18.0 Å². The summed E-state index contributed by atoms with van der Waals surface area (Å²) < 4.78 is 26.5. The Morgan fingerprint density at radius 1 is 1.22 bits per heavy atom. The van der Waals surface area contributed by atoms with Crippen molar-refractivity contribution in [3.05, 3.63) is 29.8 Å². The van der Waals surface area contributed by atoms with Gasteiger partial charge in [-0.1, -0.05) is 28.1 Å². The van der Waals surface area contributed by atoms with Crippen LogP contribution in [0.5, 0.6) is 0 Å². The maximum Gasteiger partial charge on any atom is 0.240 e. The van der Waals surface area contributed by atoms with Crippen molar-refractivity contribution in [3.63, 3.8) is 0 Å². The third-order valence-electron chi connectivity index (χ3n) is 2.47. The molecule has 0 aliphatic heterocycles. The molecule has 0 saturated carbocycles. The second-order valence-corrected chi connectivity index (χ2v) is 6.84. The average molecular weight is 335 g/mol. The minimum Gasteiger partial charge on any atom is -0.308 e. The zero-order valence-corrected chi connectivity index (χ0v) is 13.1. The van der Waals surface area contributed by atoms with Gasteiger partial charge in [0.2, 0.25) is 10.0 Å². The molecule has 0 aliphatic carbocycles. The minimum atomic E-state index is -3.38. The largest absolute Gasteiger partial charge is 0.308 e. The lowest BCUT2D eigenvalue weighted by molar-refractivity contribution is 0.412. The molecule has 0 radical (unpaired) electrons. The van der Waals surface area contributed by atoms with Crippen molar-refractivity contribution in [2.24, 2.45) is 0 Å². The molecule has 102 valence electrons. The normalized spacial score (nSPS) is 12.0. The van der Waals surface area contributed by atoms with Gasteiger partial charge in [0.25, 0.3) is 0 Å². The number of likely N-dealkylation sites (N-methyl/N-ethyl adjacent to an activating group) is 1. The Hall–Kier alpha value is -0.430. The van der Waals surface area contributed by atoms with E-state index in [1.165, 1.54) is 0 Å². The van der Waals surface area contributed by atoms with Gasteiger partial charge >= 0.3 is 0 Å². The van der Waals surface area contributed by atoms with Crippen molar-refractivity contribution in [1.82, 2.24) is 9.62 Å². The van der Waals surface area contributed by atoms with Crippen LogP contribution in [0.2, 0.25) is 0 Å². The number of rotatable bonds is 7. The molecule has 1 aromatic rings. The van der Waals surface area contributed by atoms with Crippen LogP contribution in [0.4, 0.5) is 0 Å². The summed E-state index contributed by atoms with van der Waals surface area (Å²) in [5.41, 5.74) is 1.12. The summed E-state index contributed by atoms with van der Waals surface area (Å²) in [4.78, 5) is 2.25. The second kappa shape index (κ2) is 7.23. The Bertz CT molecular complexity index is 457. The molecule has 0 spiro atoms. The number of halogens is 1. The Morgan fingerprint density at radius 3 is 2.33 bits per heavy atom. The summed E-state index contributed by atoms with van der Waals surface area (Å²) in [7, 11) is 0.436. The molecular formula is C12H19BrN2O2S. The summed E-state index contributed by atoms with van der Waals surface area (Å²) in [6.45, 7) is 1.10. The summed E-state index contributed by atoms with van der Waals surface area (Å²) in [5, 5.41) is 0.875. The van der Waals surface area contributed by atoms with Crippen molar-refractivity contribution < 1.29 is 8.42 Å². The van der Waals surface area contributed by atoms with E-state index in [4.69, 9.17) is 0 Å². The molecule has 0 saturated heterocycles. The van der Waals surface area contributed by atoms with Gasteiger partial charge in [-0.15, -0.1) is 0 Å². The molecule has 0 amide bonds. The molecular weight excluding hydrogens is 316 g/mol. The van der Waals surface area contributed by atoms with E-state index in [1.54, 1.807) is 12.1 Å². The lowest BCUT2D eigenvalue weighted by Gasteiger charge is -2.11. The first-order chi connectivity index (χ1) is 8.45. The van der Waals surface area contributed by atoms with E-state index in [-0.39, 0.29) is 0 Å². The van der Waals surface area contributed by atoms with Gasteiger partial charge < -0.3 is 4.90 Å². The number of nitrogens with one attached hydrogen (secondary N) is 1. The first-order valence-electron chi connectivity index (χ1n) is 5.75. The molecule has 1 rings (SSSR count).